The quantitative estimate of drug-likeness (QED) is 0.310. The molecule has 2 heterocycles. The van der Waals surface area contributed by atoms with Gasteiger partial charge in [0.2, 0.25) is 0 Å². The highest BCUT2D eigenvalue weighted by atomic mass is 35.5. The second-order valence-electron chi connectivity index (χ2n) is 8.75. The average molecular weight is 527 g/mol. The van der Waals surface area contributed by atoms with Crippen LogP contribution in [0.1, 0.15) is 57.0 Å². The summed E-state index contributed by atoms with van der Waals surface area (Å²) < 4.78 is 13.2. The van der Waals surface area contributed by atoms with Gasteiger partial charge in [0, 0.05) is 17.9 Å². The lowest BCUT2D eigenvalue weighted by Crippen LogP contribution is -2.33. The van der Waals surface area contributed by atoms with E-state index in [4.69, 9.17) is 11.6 Å². The smallest absolute Gasteiger partial charge is 0.276 e. The molecular formula is C26H28ClFN6O3. The highest BCUT2D eigenvalue weighted by molar-refractivity contribution is 6.34. The number of nitrogens with zero attached hydrogens (tertiary/aromatic N) is 2. The summed E-state index contributed by atoms with van der Waals surface area (Å²) in [5, 5.41) is 8.20. The Morgan fingerprint density at radius 2 is 1.62 bits per heavy atom. The van der Waals surface area contributed by atoms with E-state index in [9.17, 15) is 18.8 Å². The molecule has 1 aromatic heterocycles. The summed E-state index contributed by atoms with van der Waals surface area (Å²) >= 11 is 5.94. The van der Waals surface area contributed by atoms with Crippen LogP contribution in [0, 0.1) is 5.82 Å². The first-order chi connectivity index (χ1) is 17.9. The normalized spacial score (nSPS) is 13.7. The van der Waals surface area contributed by atoms with Crippen molar-refractivity contribution >= 4 is 40.7 Å². The molecule has 1 saturated heterocycles. The number of anilines is 2. The highest BCUT2D eigenvalue weighted by Crippen LogP contribution is 2.20. The molecule has 0 radical (unpaired) electrons. The van der Waals surface area contributed by atoms with Crippen molar-refractivity contribution in [1.29, 1.82) is 0 Å². The number of H-pyrrole nitrogens is 1. The maximum Gasteiger partial charge on any atom is 0.276 e. The third-order valence-electron chi connectivity index (χ3n) is 6.04. The van der Waals surface area contributed by atoms with E-state index in [1.165, 1.54) is 31.7 Å². The van der Waals surface area contributed by atoms with Gasteiger partial charge in [-0.15, -0.1) is 0 Å². The number of amides is 3. The summed E-state index contributed by atoms with van der Waals surface area (Å²) in [4.78, 5) is 46.9. The van der Waals surface area contributed by atoms with E-state index >= 15 is 0 Å². The largest absolute Gasteiger partial charge is 0.351 e. The summed E-state index contributed by atoms with van der Waals surface area (Å²) in [7, 11) is 0. The molecule has 3 aromatic rings. The third-order valence-corrected chi connectivity index (χ3v) is 6.36. The first kappa shape index (κ1) is 26.3. The number of nitrogens with one attached hydrogen (secondary N) is 4. The Labute approximate surface area is 218 Å². The summed E-state index contributed by atoms with van der Waals surface area (Å²) in [5.74, 6) is -1.97. The van der Waals surface area contributed by atoms with Crippen LogP contribution >= 0.6 is 11.6 Å². The van der Waals surface area contributed by atoms with Crippen molar-refractivity contribution in [3.05, 3.63) is 76.6 Å². The van der Waals surface area contributed by atoms with Crippen molar-refractivity contribution in [3.8, 4) is 0 Å². The predicted octanol–water partition coefficient (Wildman–Crippen LogP) is 4.31. The van der Waals surface area contributed by atoms with Gasteiger partial charge < -0.3 is 25.8 Å². The van der Waals surface area contributed by atoms with Gasteiger partial charge in [0.25, 0.3) is 17.7 Å². The fourth-order valence-electron chi connectivity index (χ4n) is 4.11. The zero-order chi connectivity index (χ0) is 26.2. The number of carbonyl (C=O) groups excluding carboxylic acids is 3. The molecule has 0 spiro atoms. The Hall–Kier alpha value is -3.76. The second-order valence-corrected chi connectivity index (χ2v) is 9.15. The van der Waals surface area contributed by atoms with E-state index in [0.29, 0.717) is 17.9 Å². The van der Waals surface area contributed by atoms with Crippen molar-refractivity contribution in [2.45, 2.75) is 25.7 Å². The van der Waals surface area contributed by atoms with E-state index in [1.54, 1.807) is 24.3 Å². The molecule has 1 aliphatic heterocycles. The lowest BCUT2D eigenvalue weighted by atomic mass is 10.1. The summed E-state index contributed by atoms with van der Waals surface area (Å²) in [6.45, 7) is 3.65. The molecule has 11 heteroatoms. The topological polar surface area (TPSA) is 119 Å². The minimum absolute atomic E-state index is 0.00206. The molecule has 1 fully saturated rings. The summed E-state index contributed by atoms with van der Waals surface area (Å²) in [5.41, 5.74) is 1.11. The zero-order valence-electron chi connectivity index (χ0n) is 20.2. The Balaban J connectivity index is 1.28. The van der Waals surface area contributed by atoms with E-state index < -0.39 is 17.6 Å². The number of piperidine rings is 1. The van der Waals surface area contributed by atoms with Gasteiger partial charge in [-0.1, -0.05) is 18.0 Å². The fourth-order valence-corrected chi connectivity index (χ4v) is 4.37. The number of rotatable bonds is 9. The number of likely N-dealkylation sites (tertiary alicyclic amines) is 1. The Morgan fingerprint density at radius 1 is 0.946 bits per heavy atom. The van der Waals surface area contributed by atoms with Crippen LogP contribution in [0.5, 0.6) is 0 Å². The molecule has 4 rings (SSSR count). The molecule has 3 amide bonds. The minimum atomic E-state index is -0.547. The van der Waals surface area contributed by atoms with E-state index in [1.807, 2.05) is 0 Å². The predicted molar refractivity (Wildman–Crippen MR) is 140 cm³/mol. The molecule has 0 saturated carbocycles. The molecule has 37 heavy (non-hydrogen) atoms. The molecule has 2 aromatic carbocycles. The highest BCUT2D eigenvalue weighted by Gasteiger charge is 2.20. The van der Waals surface area contributed by atoms with Gasteiger partial charge in [0.15, 0.2) is 5.69 Å². The van der Waals surface area contributed by atoms with Gasteiger partial charge in [-0.25, -0.2) is 9.37 Å². The van der Waals surface area contributed by atoms with Crippen molar-refractivity contribution in [2.75, 3.05) is 36.8 Å². The molecule has 0 atom stereocenters. The van der Waals surface area contributed by atoms with Gasteiger partial charge in [-0.05, 0) is 81.4 Å². The van der Waals surface area contributed by atoms with Crippen LogP contribution in [0.4, 0.5) is 15.8 Å². The maximum absolute atomic E-state index is 13.2. The van der Waals surface area contributed by atoms with Gasteiger partial charge >= 0.3 is 0 Å². The van der Waals surface area contributed by atoms with Gasteiger partial charge in [0.1, 0.15) is 11.5 Å². The molecule has 0 aliphatic carbocycles. The van der Waals surface area contributed by atoms with E-state index in [0.717, 1.165) is 38.2 Å². The summed E-state index contributed by atoms with van der Waals surface area (Å²) in [6.07, 6.45) is 5.86. The van der Waals surface area contributed by atoms with Crippen molar-refractivity contribution < 1.29 is 18.8 Å². The molecule has 194 valence electrons. The number of hydrogen-bond donors (Lipinski definition) is 4. The molecule has 0 unspecified atom stereocenters. The van der Waals surface area contributed by atoms with Gasteiger partial charge in [-0.3, -0.25) is 14.4 Å². The van der Waals surface area contributed by atoms with Crippen molar-refractivity contribution in [3.63, 3.8) is 0 Å². The zero-order valence-corrected chi connectivity index (χ0v) is 20.9. The van der Waals surface area contributed by atoms with Crippen LogP contribution in [-0.4, -0.2) is 58.8 Å². The van der Waals surface area contributed by atoms with Crippen LogP contribution in [0.25, 0.3) is 0 Å². The lowest BCUT2D eigenvalue weighted by Gasteiger charge is -2.26. The van der Waals surface area contributed by atoms with Crippen LogP contribution in [0.2, 0.25) is 5.02 Å². The SMILES string of the molecule is O=C(Nc1ccc(NC(=O)c2nc[nH]c2C(=O)NCCCN2CCCCC2)cc1)c1ccc(F)cc1Cl. The number of aromatic nitrogens is 2. The first-order valence-corrected chi connectivity index (χ1v) is 12.5. The Kier molecular flexibility index (Phi) is 8.86. The van der Waals surface area contributed by atoms with Crippen LogP contribution in [0.15, 0.2) is 48.8 Å². The Bertz CT molecular complexity index is 1260. The standard InChI is InChI=1S/C26H28ClFN6O3/c27-21-15-17(28)5-10-20(21)24(35)32-18-6-8-19(9-7-18)33-26(37)23-22(30-16-31-23)25(36)29-11-4-14-34-12-2-1-3-13-34/h5-10,15-16H,1-4,11-14H2,(H,29,36)(H,30,31)(H,32,35)(H,33,37). The monoisotopic (exact) mass is 526 g/mol. The number of halogens is 2. The number of carbonyl (C=O) groups is 3. The number of hydrogen-bond acceptors (Lipinski definition) is 5. The molecule has 0 bridgehead atoms. The first-order valence-electron chi connectivity index (χ1n) is 12.1. The van der Waals surface area contributed by atoms with Crippen LogP contribution in [-0.2, 0) is 0 Å². The summed E-state index contributed by atoms with van der Waals surface area (Å²) in [6, 6.07) is 9.87. The van der Waals surface area contributed by atoms with Crippen molar-refractivity contribution in [1.82, 2.24) is 20.2 Å². The van der Waals surface area contributed by atoms with Crippen LogP contribution < -0.4 is 16.0 Å². The minimum Gasteiger partial charge on any atom is -0.351 e. The number of benzene rings is 2. The van der Waals surface area contributed by atoms with Crippen molar-refractivity contribution in [2.24, 2.45) is 0 Å². The maximum atomic E-state index is 13.2. The van der Waals surface area contributed by atoms with E-state index in [2.05, 4.69) is 30.8 Å². The molecule has 4 N–H and O–H groups in total. The van der Waals surface area contributed by atoms with Gasteiger partial charge in [-0.2, -0.15) is 0 Å². The lowest BCUT2D eigenvalue weighted by molar-refractivity contribution is 0.0933. The molecular weight excluding hydrogens is 499 g/mol. The van der Waals surface area contributed by atoms with Gasteiger partial charge in [0.05, 0.1) is 16.9 Å². The van der Waals surface area contributed by atoms with E-state index in [-0.39, 0.29) is 27.9 Å². The van der Waals surface area contributed by atoms with Crippen LogP contribution in [0.3, 0.4) is 0 Å². The molecule has 9 nitrogen and oxygen atoms in total. The number of imidazole rings is 1. The number of aromatic amines is 1. The second kappa shape index (κ2) is 12.5. The molecule has 1 aliphatic rings. The average Bonchev–Trinajstić information content (AvgIpc) is 3.39. The third kappa shape index (κ3) is 7.14. The fraction of sp³-hybridized carbons (Fsp3) is 0.308. The Morgan fingerprint density at radius 3 is 2.30 bits per heavy atom.